The minimum atomic E-state index is -0.351. The number of rotatable bonds is 3. The molecule has 0 spiro atoms. The van der Waals surface area contributed by atoms with Gasteiger partial charge in [0.05, 0.1) is 5.56 Å². The van der Waals surface area contributed by atoms with Crippen LogP contribution in [-0.2, 0) is 0 Å². The van der Waals surface area contributed by atoms with Gasteiger partial charge in [0.2, 0.25) is 0 Å². The molecule has 0 radical (unpaired) electrons. The Kier molecular flexibility index (Phi) is 4.55. The third kappa shape index (κ3) is 3.32. The molecule has 1 atom stereocenters. The molecular weight excluding hydrogens is 321 g/mol. The second kappa shape index (κ2) is 6.98. The van der Waals surface area contributed by atoms with Crippen molar-refractivity contribution in [1.29, 1.82) is 0 Å². The van der Waals surface area contributed by atoms with E-state index in [1.54, 1.807) is 30.3 Å². The molecule has 3 heterocycles. The van der Waals surface area contributed by atoms with E-state index in [-0.39, 0.29) is 17.5 Å². The van der Waals surface area contributed by atoms with Crippen molar-refractivity contribution in [2.45, 2.75) is 12.5 Å². The molecule has 132 valence electrons. The van der Waals surface area contributed by atoms with E-state index in [9.17, 15) is 9.18 Å². The fourth-order valence-corrected chi connectivity index (χ4v) is 3.69. The Morgan fingerprint density at radius 1 is 1.12 bits per heavy atom. The normalized spacial score (nSPS) is 21.6. The molecule has 2 aliphatic heterocycles. The first kappa shape index (κ1) is 16.3. The summed E-state index contributed by atoms with van der Waals surface area (Å²) < 4.78 is 19.5. The summed E-state index contributed by atoms with van der Waals surface area (Å²) in [6.07, 6.45) is 0.993. The number of benzene rings is 1. The predicted molar refractivity (Wildman–Crippen MR) is 92.9 cm³/mol. The van der Waals surface area contributed by atoms with E-state index in [2.05, 4.69) is 10.2 Å². The van der Waals surface area contributed by atoms with Gasteiger partial charge in [0, 0.05) is 45.3 Å². The Morgan fingerprint density at radius 3 is 2.72 bits per heavy atom. The number of furan rings is 1. The van der Waals surface area contributed by atoms with Crippen molar-refractivity contribution in [2.24, 2.45) is 0 Å². The number of likely N-dealkylation sites (tertiary alicyclic amines) is 1. The minimum Gasteiger partial charge on any atom is -0.451 e. The molecule has 1 N–H and O–H groups in total. The topological polar surface area (TPSA) is 48.7 Å². The van der Waals surface area contributed by atoms with Gasteiger partial charge in [-0.1, -0.05) is 12.1 Å². The Morgan fingerprint density at radius 2 is 1.92 bits per heavy atom. The van der Waals surface area contributed by atoms with Crippen LogP contribution in [0, 0.1) is 5.82 Å². The first-order chi connectivity index (χ1) is 12.2. The molecule has 1 unspecified atom stereocenters. The molecule has 2 saturated heterocycles. The lowest BCUT2D eigenvalue weighted by Gasteiger charge is -2.32. The zero-order valence-corrected chi connectivity index (χ0v) is 14.1. The monoisotopic (exact) mass is 343 g/mol. The van der Waals surface area contributed by atoms with Gasteiger partial charge in [-0.3, -0.25) is 9.69 Å². The zero-order chi connectivity index (χ0) is 17.2. The molecule has 0 bridgehead atoms. The van der Waals surface area contributed by atoms with Gasteiger partial charge < -0.3 is 14.6 Å². The molecular formula is C19H22FN3O2. The molecule has 2 fully saturated rings. The summed E-state index contributed by atoms with van der Waals surface area (Å²) in [7, 11) is 0. The van der Waals surface area contributed by atoms with Crippen molar-refractivity contribution >= 4 is 5.91 Å². The average molecular weight is 343 g/mol. The highest BCUT2D eigenvalue weighted by atomic mass is 19.1. The van der Waals surface area contributed by atoms with Crippen LogP contribution in [0.25, 0.3) is 11.3 Å². The van der Waals surface area contributed by atoms with Crippen LogP contribution in [0.15, 0.2) is 40.8 Å². The Labute approximate surface area is 146 Å². The summed E-state index contributed by atoms with van der Waals surface area (Å²) >= 11 is 0. The van der Waals surface area contributed by atoms with Gasteiger partial charge in [0.25, 0.3) is 5.91 Å². The van der Waals surface area contributed by atoms with Crippen molar-refractivity contribution < 1.29 is 13.6 Å². The summed E-state index contributed by atoms with van der Waals surface area (Å²) in [6, 6.07) is 10.1. The third-order valence-corrected chi connectivity index (χ3v) is 5.07. The number of nitrogens with one attached hydrogen (secondary N) is 1. The van der Waals surface area contributed by atoms with Gasteiger partial charge in [-0.25, -0.2) is 4.39 Å². The average Bonchev–Trinajstić information content (AvgIpc) is 3.32. The second-order valence-corrected chi connectivity index (χ2v) is 6.62. The van der Waals surface area contributed by atoms with Crippen molar-refractivity contribution in [2.75, 3.05) is 39.3 Å². The van der Waals surface area contributed by atoms with Gasteiger partial charge in [0.1, 0.15) is 11.6 Å². The van der Waals surface area contributed by atoms with Crippen LogP contribution in [0.4, 0.5) is 4.39 Å². The smallest absolute Gasteiger partial charge is 0.289 e. The van der Waals surface area contributed by atoms with E-state index in [0.29, 0.717) is 17.4 Å². The molecule has 2 aliphatic rings. The van der Waals surface area contributed by atoms with Gasteiger partial charge in [-0.05, 0) is 30.7 Å². The lowest BCUT2D eigenvalue weighted by molar-refractivity contribution is 0.0743. The Hall–Kier alpha value is -2.18. The number of hydrogen-bond donors (Lipinski definition) is 1. The number of hydrogen-bond acceptors (Lipinski definition) is 4. The van der Waals surface area contributed by atoms with E-state index in [1.165, 1.54) is 6.07 Å². The molecule has 1 aromatic carbocycles. The standard InChI is InChI=1S/C19H22FN3O2/c20-16-4-2-1-3-15(16)17-5-6-18(25-17)19(24)23-10-7-14(13-23)22-11-8-21-9-12-22/h1-6,14,21H,7-13H2. The first-order valence-corrected chi connectivity index (χ1v) is 8.81. The maximum absolute atomic E-state index is 13.9. The second-order valence-electron chi connectivity index (χ2n) is 6.62. The van der Waals surface area contributed by atoms with Crippen molar-refractivity contribution in [3.8, 4) is 11.3 Å². The van der Waals surface area contributed by atoms with Crippen LogP contribution < -0.4 is 5.32 Å². The highest BCUT2D eigenvalue weighted by Gasteiger charge is 2.32. The number of piperazine rings is 1. The van der Waals surface area contributed by atoms with Crippen LogP contribution in [0.2, 0.25) is 0 Å². The highest BCUT2D eigenvalue weighted by Crippen LogP contribution is 2.26. The third-order valence-electron chi connectivity index (χ3n) is 5.07. The number of carbonyl (C=O) groups is 1. The Balaban J connectivity index is 1.44. The van der Waals surface area contributed by atoms with Crippen molar-refractivity contribution in [3.63, 3.8) is 0 Å². The Bertz CT molecular complexity index is 755. The van der Waals surface area contributed by atoms with E-state index >= 15 is 0 Å². The van der Waals surface area contributed by atoms with Crippen LogP contribution >= 0.6 is 0 Å². The molecule has 5 nitrogen and oxygen atoms in total. The first-order valence-electron chi connectivity index (χ1n) is 8.81. The lowest BCUT2D eigenvalue weighted by atomic mass is 10.1. The molecule has 4 rings (SSSR count). The summed E-state index contributed by atoms with van der Waals surface area (Å²) in [4.78, 5) is 17.0. The zero-order valence-electron chi connectivity index (χ0n) is 14.1. The fraction of sp³-hybridized carbons (Fsp3) is 0.421. The maximum Gasteiger partial charge on any atom is 0.289 e. The number of nitrogens with zero attached hydrogens (tertiary/aromatic N) is 2. The summed E-state index contributed by atoms with van der Waals surface area (Å²) in [5.41, 5.74) is 0.377. The van der Waals surface area contributed by atoms with Crippen LogP contribution in [0.3, 0.4) is 0 Å². The minimum absolute atomic E-state index is 0.111. The van der Waals surface area contributed by atoms with Gasteiger partial charge in [-0.15, -0.1) is 0 Å². The maximum atomic E-state index is 13.9. The fourth-order valence-electron chi connectivity index (χ4n) is 3.69. The van der Waals surface area contributed by atoms with Gasteiger partial charge >= 0.3 is 0 Å². The van der Waals surface area contributed by atoms with Gasteiger partial charge in [0.15, 0.2) is 5.76 Å². The number of amides is 1. The largest absolute Gasteiger partial charge is 0.451 e. The quantitative estimate of drug-likeness (QED) is 0.928. The van der Waals surface area contributed by atoms with Gasteiger partial charge in [-0.2, -0.15) is 0 Å². The summed E-state index contributed by atoms with van der Waals surface area (Å²) in [5, 5.41) is 3.35. The molecule has 1 amide bonds. The molecule has 0 saturated carbocycles. The van der Waals surface area contributed by atoms with E-state index < -0.39 is 0 Å². The molecule has 0 aliphatic carbocycles. The van der Waals surface area contributed by atoms with E-state index in [4.69, 9.17) is 4.42 Å². The predicted octanol–water partition coefficient (Wildman–Crippen LogP) is 2.21. The number of halogens is 1. The van der Waals surface area contributed by atoms with Crippen LogP contribution in [0.5, 0.6) is 0 Å². The molecule has 1 aromatic heterocycles. The number of carbonyl (C=O) groups excluding carboxylic acids is 1. The highest BCUT2D eigenvalue weighted by molar-refractivity contribution is 5.92. The SMILES string of the molecule is O=C(c1ccc(-c2ccccc2F)o1)N1CCC(N2CCNCC2)C1. The molecule has 6 heteroatoms. The molecule has 25 heavy (non-hydrogen) atoms. The van der Waals surface area contributed by atoms with Crippen LogP contribution in [0.1, 0.15) is 17.0 Å². The lowest BCUT2D eigenvalue weighted by Crippen LogP contribution is -2.49. The van der Waals surface area contributed by atoms with Crippen molar-refractivity contribution in [1.82, 2.24) is 15.1 Å². The van der Waals surface area contributed by atoms with Crippen molar-refractivity contribution in [3.05, 3.63) is 48.0 Å². The summed E-state index contributed by atoms with van der Waals surface area (Å²) in [5.74, 6) is 0.203. The van der Waals surface area contributed by atoms with Crippen LogP contribution in [-0.4, -0.2) is 61.0 Å². The molecule has 2 aromatic rings. The van der Waals surface area contributed by atoms with E-state index in [0.717, 1.165) is 45.7 Å². The van der Waals surface area contributed by atoms with E-state index in [1.807, 2.05) is 4.90 Å². The summed E-state index contributed by atoms with van der Waals surface area (Å²) in [6.45, 7) is 5.55.